The molecule has 0 bridgehead atoms. The number of fused-ring (bicyclic) bond motifs is 1. The molecule has 0 aliphatic carbocycles. The standard InChI is InChI=1S/C28H25ClFNO4/c1-17(11-12-19-7-4-3-5-8-19)31-25(32)16-34-20-13-14-21-24(15-20)35-18(2)26(28(21)33)27-22(29)9-6-10-23(27)30/h3-10,13-15,17H,11-12,16H2,1-2H3,(H,31,32). The van der Waals surface area contributed by atoms with E-state index in [4.69, 9.17) is 20.8 Å². The molecule has 0 radical (unpaired) electrons. The first-order valence-corrected chi connectivity index (χ1v) is 11.7. The summed E-state index contributed by atoms with van der Waals surface area (Å²) in [5, 5.41) is 3.32. The predicted molar refractivity (Wildman–Crippen MR) is 135 cm³/mol. The van der Waals surface area contributed by atoms with Crippen LogP contribution in [0.4, 0.5) is 4.39 Å². The first-order chi connectivity index (χ1) is 16.8. The number of amides is 1. The minimum Gasteiger partial charge on any atom is -0.484 e. The van der Waals surface area contributed by atoms with E-state index in [1.54, 1.807) is 19.1 Å². The molecule has 0 saturated carbocycles. The lowest BCUT2D eigenvalue weighted by molar-refractivity contribution is -0.123. The van der Waals surface area contributed by atoms with Gasteiger partial charge in [-0.3, -0.25) is 9.59 Å². The number of benzene rings is 3. The third kappa shape index (κ3) is 5.72. The molecule has 4 aromatic rings. The lowest BCUT2D eigenvalue weighted by Crippen LogP contribution is -2.36. The Labute approximate surface area is 207 Å². The Morgan fingerprint density at radius 1 is 1.09 bits per heavy atom. The van der Waals surface area contributed by atoms with Crippen molar-refractivity contribution in [2.45, 2.75) is 32.7 Å². The Morgan fingerprint density at radius 2 is 1.86 bits per heavy atom. The summed E-state index contributed by atoms with van der Waals surface area (Å²) < 4.78 is 25.9. The van der Waals surface area contributed by atoms with Gasteiger partial charge in [-0.25, -0.2) is 4.39 Å². The van der Waals surface area contributed by atoms with Crippen LogP contribution >= 0.6 is 11.6 Å². The van der Waals surface area contributed by atoms with Crippen molar-refractivity contribution in [3.63, 3.8) is 0 Å². The van der Waals surface area contributed by atoms with Gasteiger partial charge in [0.05, 0.1) is 16.0 Å². The number of carbonyl (C=O) groups is 1. The Kier molecular flexibility index (Phi) is 7.51. The average molecular weight is 494 g/mol. The molecule has 35 heavy (non-hydrogen) atoms. The summed E-state index contributed by atoms with van der Waals surface area (Å²) in [5.41, 5.74) is 1.20. The van der Waals surface area contributed by atoms with Crippen LogP contribution in [0, 0.1) is 12.7 Å². The molecule has 1 aromatic heterocycles. The quantitative estimate of drug-likeness (QED) is 0.323. The smallest absolute Gasteiger partial charge is 0.258 e. The third-order valence-corrected chi connectivity index (χ3v) is 6.05. The zero-order valence-electron chi connectivity index (χ0n) is 19.4. The van der Waals surface area contributed by atoms with Gasteiger partial charge in [-0.1, -0.05) is 48.0 Å². The van der Waals surface area contributed by atoms with Crippen LogP contribution in [-0.4, -0.2) is 18.6 Å². The molecule has 180 valence electrons. The summed E-state index contributed by atoms with van der Waals surface area (Å²) >= 11 is 6.16. The van der Waals surface area contributed by atoms with Crippen LogP contribution in [0.2, 0.25) is 5.02 Å². The normalized spacial score (nSPS) is 11.9. The molecule has 0 aliphatic rings. The molecular formula is C28H25ClFNO4. The van der Waals surface area contributed by atoms with E-state index in [1.807, 2.05) is 25.1 Å². The van der Waals surface area contributed by atoms with E-state index in [0.717, 1.165) is 12.8 Å². The summed E-state index contributed by atoms with van der Waals surface area (Å²) in [5.74, 6) is -0.232. The number of rotatable bonds is 8. The van der Waals surface area contributed by atoms with E-state index in [0.29, 0.717) is 5.75 Å². The maximum Gasteiger partial charge on any atom is 0.258 e. The van der Waals surface area contributed by atoms with Gasteiger partial charge in [-0.05, 0) is 56.5 Å². The molecule has 1 N–H and O–H groups in total. The summed E-state index contributed by atoms with van der Waals surface area (Å²) in [6.45, 7) is 3.36. The largest absolute Gasteiger partial charge is 0.484 e. The first kappa shape index (κ1) is 24.5. The maximum absolute atomic E-state index is 14.4. The molecule has 1 atom stereocenters. The molecule has 7 heteroatoms. The van der Waals surface area contributed by atoms with Gasteiger partial charge in [0.2, 0.25) is 5.43 Å². The SMILES string of the molecule is Cc1oc2cc(OCC(=O)NC(C)CCc3ccccc3)ccc2c(=O)c1-c1c(F)cccc1Cl. The highest BCUT2D eigenvalue weighted by molar-refractivity contribution is 6.33. The molecule has 0 aliphatic heterocycles. The number of halogens is 2. The van der Waals surface area contributed by atoms with E-state index in [9.17, 15) is 14.0 Å². The second-order valence-corrected chi connectivity index (χ2v) is 8.81. The van der Waals surface area contributed by atoms with E-state index in [1.165, 1.54) is 29.8 Å². The van der Waals surface area contributed by atoms with Crippen molar-refractivity contribution in [3.05, 3.63) is 99.1 Å². The number of aryl methyl sites for hydroxylation is 2. The molecule has 0 spiro atoms. The fraction of sp³-hybridized carbons (Fsp3) is 0.214. The van der Waals surface area contributed by atoms with Gasteiger partial charge < -0.3 is 14.5 Å². The number of ether oxygens (including phenoxy) is 1. The summed E-state index contributed by atoms with van der Waals surface area (Å²) in [6.07, 6.45) is 1.68. The van der Waals surface area contributed by atoms with Gasteiger partial charge in [-0.2, -0.15) is 0 Å². The Balaban J connectivity index is 1.43. The fourth-order valence-electron chi connectivity index (χ4n) is 3.97. The molecule has 0 saturated heterocycles. The first-order valence-electron chi connectivity index (χ1n) is 11.3. The van der Waals surface area contributed by atoms with Gasteiger partial charge in [0, 0.05) is 17.7 Å². The number of nitrogens with one attached hydrogen (secondary N) is 1. The highest BCUT2D eigenvalue weighted by atomic mass is 35.5. The van der Waals surface area contributed by atoms with Crippen molar-refractivity contribution in [2.24, 2.45) is 0 Å². The summed E-state index contributed by atoms with van der Waals surface area (Å²) in [4.78, 5) is 25.4. The Bertz CT molecular complexity index is 1400. The second-order valence-electron chi connectivity index (χ2n) is 8.40. The molecule has 1 unspecified atom stereocenters. The van der Waals surface area contributed by atoms with Gasteiger partial charge in [0.25, 0.3) is 5.91 Å². The zero-order valence-corrected chi connectivity index (χ0v) is 20.2. The van der Waals surface area contributed by atoms with Crippen LogP contribution in [-0.2, 0) is 11.2 Å². The lowest BCUT2D eigenvalue weighted by atomic mass is 10.0. The van der Waals surface area contributed by atoms with Gasteiger partial charge in [0.15, 0.2) is 6.61 Å². The van der Waals surface area contributed by atoms with E-state index in [-0.39, 0.29) is 51.4 Å². The topological polar surface area (TPSA) is 68.5 Å². The number of hydrogen-bond acceptors (Lipinski definition) is 4. The lowest BCUT2D eigenvalue weighted by Gasteiger charge is -2.14. The van der Waals surface area contributed by atoms with Crippen LogP contribution in [0.25, 0.3) is 22.1 Å². The summed E-state index contributed by atoms with van der Waals surface area (Å²) in [7, 11) is 0. The van der Waals surface area contributed by atoms with Crippen molar-refractivity contribution < 1.29 is 18.3 Å². The third-order valence-electron chi connectivity index (χ3n) is 5.74. The van der Waals surface area contributed by atoms with Crippen LogP contribution in [0.1, 0.15) is 24.7 Å². The van der Waals surface area contributed by atoms with Crippen molar-refractivity contribution in [1.29, 1.82) is 0 Å². The van der Waals surface area contributed by atoms with Gasteiger partial charge in [0.1, 0.15) is 22.9 Å². The maximum atomic E-state index is 14.4. The van der Waals surface area contributed by atoms with Crippen molar-refractivity contribution in [1.82, 2.24) is 5.32 Å². The minimum atomic E-state index is -0.601. The molecular weight excluding hydrogens is 469 g/mol. The zero-order chi connectivity index (χ0) is 24.9. The molecule has 1 amide bonds. The second kappa shape index (κ2) is 10.7. The average Bonchev–Trinajstić information content (AvgIpc) is 2.83. The van der Waals surface area contributed by atoms with Crippen LogP contribution in [0.3, 0.4) is 0 Å². The Morgan fingerprint density at radius 3 is 2.60 bits per heavy atom. The van der Waals surface area contributed by atoms with E-state index < -0.39 is 11.2 Å². The molecule has 0 fully saturated rings. The number of carbonyl (C=O) groups excluding carboxylic acids is 1. The van der Waals surface area contributed by atoms with Gasteiger partial charge >= 0.3 is 0 Å². The highest BCUT2D eigenvalue weighted by Gasteiger charge is 2.20. The molecule has 3 aromatic carbocycles. The monoisotopic (exact) mass is 493 g/mol. The molecule has 5 nitrogen and oxygen atoms in total. The Hall–Kier alpha value is -3.64. The van der Waals surface area contributed by atoms with Crippen molar-refractivity contribution in [2.75, 3.05) is 6.61 Å². The minimum absolute atomic E-state index is 0.00722. The molecule has 1 heterocycles. The van der Waals surface area contributed by atoms with Crippen molar-refractivity contribution >= 4 is 28.5 Å². The number of hydrogen-bond donors (Lipinski definition) is 1. The fourth-order valence-corrected chi connectivity index (χ4v) is 4.22. The summed E-state index contributed by atoms with van der Waals surface area (Å²) in [6, 6.07) is 19.0. The van der Waals surface area contributed by atoms with Crippen LogP contribution in [0.15, 0.2) is 75.9 Å². The van der Waals surface area contributed by atoms with Crippen molar-refractivity contribution in [3.8, 4) is 16.9 Å². The van der Waals surface area contributed by atoms with Crippen LogP contribution in [0.5, 0.6) is 5.75 Å². The van der Waals surface area contributed by atoms with Gasteiger partial charge in [-0.15, -0.1) is 0 Å². The van der Waals surface area contributed by atoms with E-state index >= 15 is 0 Å². The van der Waals surface area contributed by atoms with Crippen LogP contribution < -0.4 is 15.5 Å². The van der Waals surface area contributed by atoms with E-state index in [2.05, 4.69) is 17.4 Å². The highest BCUT2D eigenvalue weighted by Crippen LogP contribution is 2.32. The predicted octanol–water partition coefficient (Wildman–Crippen LogP) is 6.08. The molecule has 4 rings (SSSR count).